The Balaban J connectivity index is 1.23. The summed E-state index contributed by atoms with van der Waals surface area (Å²) in [5.74, 6) is -1.59. The average Bonchev–Trinajstić information content (AvgIpc) is 4.17. The highest BCUT2D eigenvalue weighted by atomic mass is 16.5. The number of rotatable bonds is 9. The molecule has 1 saturated heterocycles. The van der Waals surface area contributed by atoms with Crippen molar-refractivity contribution in [2.24, 2.45) is 22.7 Å². The van der Waals surface area contributed by atoms with Gasteiger partial charge < -0.3 is 29.4 Å². The van der Waals surface area contributed by atoms with Crippen molar-refractivity contribution in [1.82, 2.24) is 30.2 Å². The van der Waals surface area contributed by atoms with Crippen LogP contribution in [0.2, 0.25) is 0 Å². The number of phenols is 1. The van der Waals surface area contributed by atoms with Gasteiger partial charge >= 0.3 is 5.97 Å². The number of benzene rings is 2. The minimum Gasteiger partial charge on any atom is -0.508 e. The van der Waals surface area contributed by atoms with E-state index in [4.69, 9.17) is 14.5 Å². The van der Waals surface area contributed by atoms with E-state index in [0.717, 1.165) is 63.8 Å². The first-order chi connectivity index (χ1) is 29.5. The van der Waals surface area contributed by atoms with Crippen LogP contribution in [-0.2, 0) is 48.0 Å². The minimum absolute atomic E-state index is 0.0222. The van der Waals surface area contributed by atoms with Crippen LogP contribution in [-0.4, -0.2) is 93.7 Å². The van der Waals surface area contributed by atoms with Crippen LogP contribution < -0.4 is 10.7 Å². The van der Waals surface area contributed by atoms with E-state index < -0.39 is 41.3 Å². The number of aryl methyl sites for hydroxylation is 1. The zero-order chi connectivity index (χ0) is 44.2. The molecule has 5 atom stereocenters. The average molecular weight is 847 g/mol. The number of nitrogens with zero attached hydrogens (tertiary/aromatic N) is 4. The van der Waals surface area contributed by atoms with Gasteiger partial charge in [0.2, 0.25) is 11.8 Å². The third-order valence-corrected chi connectivity index (χ3v) is 13.7. The van der Waals surface area contributed by atoms with Gasteiger partial charge in [-0.25, -0.2) is 5.43 Å². The third-order valence-electron chi connectivity index (χ3n) is 13.7. The molecule has 4 aliphatic rings. The van der Waals surface area contributed by atoms with Crippen LogP contribution in [0, 0.1) is 22.7 Å². The maximum Gasteiger partial charge on any atom is 0.324 e. The minimum atomic E-state index is -1.09. The molecule has 2 aliphatic heterocycles. The number of hydrogen-bond donors (Lipinski definition) is 3. The molecule has 6 bridgehead atoms. The lowest BCUT2D eigenvalue weighted by Gasteiger charge is -2.37. The summed E-state index contributed by atoms with van der Waals surface area (Å²) in [7, 11) is 3.37. The third kappa shape index (κ3) is 8.33. The van der Waals surface area contributed by atoms with Crippen molar-refractivity contribution >= 4 is 34.6 Å². The molecule has 2 unspecified atom stereocenters. The fourth-order valence-corrected chi connectivity index (χ4v) is 10.0. The smallest absolute Gasteiger partial charge is 0.324 e. The summed E-state index contributed by atoms with van der Waals surface area (Å²) in [4.78, 5) is 62.9. The van der Waals surface area contributed by atoms with Gasteiger partial charge in [0, 0.05) is 67.7 Å². The summed E-state index contributed by atoms with van der Waals surface area (Å²) >= 11 is 0. The van der Waals surface area contributed by atoms with Crippen LogP contribution in [0.15, 0.2) is 54.7 Å². The molecule has 62 heavy (non-hydrogen) atoms. The van der Waals surface area contributed by atoms with Gasteiger partial charge in [0.25, 0.3) is 5.91 Å². The number of pyridine rings is 1. The number of aromatic nitrogens is 2. The number of cyclic esters (lactones) is 1. The van der Waals surface area contributed by atoms with Crippen molar-refractivity contribution in [3.05, 3.63) is 71.5 Å². The lowest BCUT2D eigenvalue weighted by molar-refractivity contribution is -0.155. The van der Waals surface area contributed by atoms with E-state index in [-0.39, 0.29) is 48.0 Å². The summed E-state index contributed by atoms with van der Waals surface area (Å²) in [5, 5.41) is 16.8. The molecule has 8 rings (SSSR count). The van der Waals surface area contributed by atoms with Gasteiger partial charge in [0.05, 0.1) is 24.1 Å². The molecular formula is C49H62N6O7. The Kier molecular flexibility index (Phi) is 11.7. The highest BCUT2D eigenvalue weighted by molar-refractivity contribution is 5.96. The predicted octanol–water partition coefficient (Wildman–Crippen LogP) is 6.73. The van der Waals surface area contributed by atoms with Crippen LogP contribution >= 0.6 is 0 Å². The van der Waals surface area contributed by atoms with Gasteiger partial charge in [-0.05, 0) is 122 Å². The summed E-state index contributed by atoms with van der Waals surface area (Å²) in [6.07, 6.45) is 6.11. The fraction of sp³-hybridized carbons (Fsp3) is 0.531. The Morgan fingerprint density at radius 2 is 1.87 bits per heavy atom. The first kappa shape index (κ1) is 43.4. The molecular weight excluding hydrogens is 785 g/mol. The molecule has 13 heteroatoms. The normalized spacial score (nSPS) is 22.8. The number of carbonyl (C=O) groups is 4. The Bertz CT molecular complexity index is 2400. The lowest BCUT2D eigenvalue weighted by Crippen LogP contribution is -2.62. The van der Waals surface area contributed by atoms with Crippen molar-refractivity contribution in [2.45, 2.75) is 117 Å². The molecule has 3 N–H and O–H groups in total. The topological polar surface area (TPSA) is 155 Å². The molecule has 2 aromatic carbocycles. The van der Waals surface area contributed by atoms with E-state index >= 15 is 0 Å². The quantitative estimate of drug-likeness (QED) is 0.156. The van der Waals surface area contributed by atoms with Crippen LogP contribution in [0.4, 0.5) is 0 Å². The van der Waals surface area contributed by atoms with E-state index in [0.29, 0.717) is 37.9 Å². The zero-order valence-corrected chi connectivity index (χ0v) is 37.4. The van der Waals surface area contributed by atoms with Gasteiger partial charge in [-0.3, -0.25) is 29.2 Å². The number of hydrazine groups is 1. The number of nitrogens with one attached hydrogen (secondary N) is 2. The largest absolute Gasteiger partial charge is 0.508 e. The van der Waals surface area contributed by atoms with Crippen LogP contribution in [0.25, 0.3) is 33.3 Å². The molecule has 0 radical (unpaired) electrons. The van der Waals surface area contributed by atoms with Crippen LogP contribution in [0.3, 0.4) is 0 Å². The second-order valence-corrected chi connectivity index (χ2v) is 19.3. The van der Waals surface area contributed by atoms with Crippen molar-refractivity contribution in [2.75, 3.05) is 27.3 Å². The van der Waals surface area contributed by atoms with E-state index in [1.807, 2.05) is 39.0 Å². The van der Waals surface area contributed by atoms with E-state index in [9.17, 15) is 24.3 Å². The van der Waals surface area contributed by atoms with E-state index in [1.54, 1.807) is 37.4 Å². The number of phenolic OH excluding ortho intramolecular Hbond substituents is 1. The fourth-order valence-electron chi connectivity index (χ4n) is 10.0. The van der Waals surface area contributed by atoms with Crippen molar-refractivity contribution in [3.63, 3.8) is 0 Å². The number of carbonyl (C=O) groups excluding carboxylic acids is 4. The summed E-state index contributed by atoms with van der Waals surface area (Å²) < 4.78 is 14.2. The number of hydrogen-bond acceptors (Lipinski definition) is 9. The number of fused-ring (bicyclic) bond motifs is 6. The second-order valence-electron chi connectivity index (χ2n) is 19.3. The molecule has 13 nitrogen and oxygen atoms in total. The van der Waals surface area contributed by atoms with E-state index in [2.05, 4.69) is 54.3 Å². The highest BCUT2D eigenvalue weighted by Crippen LogP contribution is 2.71. The first-order valence-electron chi connectivity index (χ1n) is 22.3. The van der Waals surface area contributed by atoms with Crippen molar-refractivity contribution in [1.29, 1.82) is 0 Å². The monoisotopic (exact) mass is 846 g/mol. The Hall–Kier alpha value is -5.27. The zero-order valence-electron chi connectivity index (χ0n) is 37.4. The van der Waals surface area contributed by atoms with Gasteiger partial charge in [0.15, 0.2) is 0 Å². The van der Waals surface area contributed by atoms with Gasteiger partial charge in [-0.15, -0.1) is 0 Å². The number of methoxy groups -OCH3 is 1. The SMILES string of the molecule is CCn1c(-c2cccnc2[C@H](C)OC)c2c3cc(ccc31)-c1cc(O)cc(c1)C[C@H](NC(=O)C(C(C)C)N(C)C(=O)C1CC13CC3)C(=O)N1CCC[C@H](N1)C(=O)OCC(C)(C)C2. The predicted molar refractivity (Wildman–Crippen MR) is 236 cm³/mol. The van der Waals surface area contributed by atoms with Crippen molar-refractivity contribution < 1.29 is 33.8 Å². The van der Waals surface area contributed by atoms with Crippen LogP contribution in [0.5, 0.6) is 5.75 Å². The first-order valence-corrected chi connectivity index (χ1v) is 22.3. The standard InChI is InChI=1S/C49H62N6O7/c1-9-54-40-15-14-31-24-35(40)36(43(54)34-12-10-18-50-41(34)29(4)61-8)25-48(5,6)27-62-47(60)38-13-11-19-55(52-38)46(59)39(22-30-20-32(31)23-33(56)21-30)51-44(57)42(28(2)3)53(7)45(58)37-26-49(37)16-17-49/h10,12,14-15,18,20-21,23-24,28-29,37-39,42,52,56H,9,11,13,16-17,19,22,25-27H2,1-8H3,(H,51,57)/t29-,37?,38-,39-,42?/m0/s1. The molecule has 3 amide bonds. The molecule has 4 aromatic rings. The number of aromatic hydroxyl groups is 1. The summed E-state index contributed by atoms with van der Waals surface area (Å²) in [6.45, 7) is 13.2. The maximum atomic E-state index is 14.6. The van der Waals surface area contributed by atoms with Gasteiger partial charge in [0.1, 0.15) is 23.9 Å². The highest BCUT2D eigenvalue weighted by Gasteiger charge is 2.66. The Labute approximate surface area is 364 Å². The molecule has 1 spiro atoms. The van der Waals surface area contributed by atoms with Gasteiger partial charge in [-0.2, -0.15) is 0 Å². The second kappa shape index (κ2) is 16.8. The lowest BCUT2D eigenvalue weighted by atomic mass is 9.84. The molecule has 330 valence electrons. The molecule has 3 fully saturated rings. The molecule has 2 aliphatic carbocycles. The van der Waals surface area contributed by atoms with E-state index in [1.165, 1.54) is 5.01 Å². The Morgan fingerprint density at radius 1 is 1.10 bits per heavy atom. The number of likely N-dealkylation sites (N-methyl/N-ethyl adjacent to an activating group) is 1. The van der Waals surface area contributed by atoms with Gasteiger partial charge in [-0.1, -0.05) is 39.8 Å². The molecule has 2 saturated carbocycles. The number of amides is 3. The molecule has 4 heterocycles. The Morgan fingerprint density at radius 3 is 2.56 bits per heavy atom. The number of ether oxygens (including phenoxy) is 2. The number of esters is 1. The van der Waals surface area contributed by atoms with Crippen molar-refractivity contribution in [3.8, 4) is 28.1 Å². The summed E-state index contributed by atoms with van der Waals surface area (Å²) in [5.41, 5.74) is 9.91. The molecule has 2 aromatic heterocycles. The van der Waals surface area contributed by atoms with Crippen LogP contribution in [0.1, 0.15) is 96.6 Å². The maximum absolute atomic E-state index is 14.6. The summed E-state index contributed by atoms with van der Waals surface area (Å²) in [6, 6.07) is 13.0.